The number of rotatable bonds is 4. The monoisotopic (exact) mass is 448 g/mol. The number of halogens is 2. The summed E-state index contributed by atoms with van der Waals surface area (Å²) in [5.41, 5.74) is 2.70. The van der Waals surface area contributed by atoms with Crippen molar-refractivity contribution in [2.24, 2.45) is 0 Å². The fourth-order valence-corrected chi connectivity index (χ4v) is 3.80. The lowest BCUT2D eigenvalue weighted by atomic mass is 9.99. The number of nitrogens with one attached hydrogen (secondary N) is 1. The van der Waals surface area contributed by atoms with E-state index >= 15 is 0 Å². The van der Waals surface area contributed by atoms with Gasteiger partial charge in [-0.15, -0.1) is 0 Å². The largest absolute Gasteiger partial charge is 0.455 e. The number of nitriles is 1. The smallest absolute Gasteiger partial charge is 0.223 e. The van der Waals surface area contributed by atoms with Gasteiger partial charge in [-0.2, -0.15) is 9.65 Å². The van der Waals surface area contributed by atoms with E-state index in [1.54, 1.807) is 31.2 Å². The first kappa shape index (κ1) is 21.5. The number of anilines is 1. The fourth-order valence-electron chi connectivity index (χ4n) is 3.65. The summed E-state index contributed by atoms with van der Waals surface area (Å²) in [4.78, 5) is 20.9. The average molecular weight is 449 g/mol. The van der Waals surface area contributed by atoms with Crippen molar-refractivity contribution in [2.75, 3.05) is 5.32 Å². The van der Waals surface area contributed by atoms with E-state index in [0.29, 0.717) is 27.8 Å². The molecule has 4 rings (SSSR count). The maximum atomic E-state index is 14.4. The SMILES string of the molecule is Cc1cc([C@@H](C)Nc2ccc(Cl)nc2C#N)c2oc(-c3cccnc3F)c(C)c(=O)c2c1. The maximum absolute atomic E-state index is 14.4. The van der Waals surface area contributed by atoms with E-state index in [-0.39, 0.29) is 33.6 Å². The molecule has 1 atom stereocenters. The molecule has 0 aliphatic heterocycles. The van der Waals surface area contributed by atoms with Gasteiger partial charge in [-0.3, -0.25) is 4.79 Å². The molecule has 0 saturated carbocycles. The molecule has 8 heteroatoms. The number of aryl methyl sites for hydroxylation is 1. The average Bonchev–Trinajstić information content (AvgIpc) is 2.77. The standard InChI is InChI=1S/C24H18ClFN4O2/c1-12-9-16(14(3)29-18-6-7-20(25)30-19(18)11-27)23-17(10-12)21(31)13(2)22(32-23)15-5-4-8-28-24(15)26/h4-10,14,29H,1-3H3/t14-/m1/s1. The van der Waals surface area contributed by atoms with Crippen LogP contribution < -0.4 is 10.7 Å². The minimum absolute atomic E-state index is 0.116. The van der Waals surface area contributed by atoms with Crippen LogP contribution in [0.15, 0.2) is 51.8 Å². The summed E-state index contributed by atoms with van der Waals surface area (Å²) in [6.07, 6.45) is 1.33. The molecule has 0 aliphatic carbocycles. The van der Waals surface area contributed by atoms with Crippen LogP contribution in [0.4, 0.5) is 10.1 Å². The molecule has 0 spiro atoms. The lowest BCUT2D eigenvalue weighted by Crippen LogP contribution is -2.13. The molecule has 1 aromatic carbocycles. The molecule has 0 aliphatic rings. The fraction of sp³-hybridized carbons (Fsp3) is 0.167. The van der Waals surface area contributed by atoms with Crippen molar-refractivity contribution in [2.45, 2.75) is 26.8 Å². The summed E-state index contributed by atoms with van der Waals surface area (Å²) < 4.78 is 20.5. The minimum atomic E-state index is -0.719. The van der Waals surface area contributed by atoms with Crippen LogP contribution in [0.1, 0.15) is 35.3 Å². The first-order chi connectivity index (χ1) is 15.3. The molecular formula is C24H18ClFN4O2. The number of aromatic nitrogens is 2. The summed E-state index contributed by atoms with van der Waals surface area (Å²) in [5, 5.41) is 13.2. The van der Waals surface area contributed by atoms with Gasteiger partial charge in [0.2, 0.25) is 5.95 Å². The predicted molar refractivity (Wildman–Crippen MR) is 121 cm³/mol. The van der Waals surface area contributed by atoms with Gasteiger partial charge in [-0.25, -0.2) is 9.97 Å². The van der Waals surface area contributed by atoms with Gasteiger partial charge in [0.1, 0.15) is 22.6 Å². The molecule has 1 N–H and O–H groups in total. The van der Waals surface area contributed by atoms with E-state index in [9.17, 15) is 14.4 Å². The molecular weight excluding hydrogens is 431 g/mol. The lowest BCUT2D eigenvalue weighted by Gasteiger charge is -2.19. The topological polar surface area (TPSA) is 91.8 Å². The Labute approximate surface area is 188 Å². The van der Waals surface area contributed by atoms with E-state index in [0.717, 1.165) is 5.56 Å². The summed E-state index contributed by atoms with van der Waals surface area (Å²) in [7, 11) is 0. The Balaban J connectivity index is 1.91. The maximum Gasteiger partial charge on any atom is 0.223 e. The second kappa shape index (κ2) is 8.40. The van der Waals surface area contributed by atoms with E-state index in [1.165, 1.54) is 12.3 Å². The van der Waals surface area contributed by atoms with Gasteiger partial charge in [0.25, 0.3) is 0 Å². The van der Waals surface area contributed by atoms with Crippen molar-refractivity contribution >= 4 is 28.3 Å². The second-order valence-electron chi connectivity index (χ2n) is 7.47. The third-order valence-electron chi connectivity index (χ3n) is 5.20. The van der Waals surface area contributed by atoms with Crippen molar-refractivity contribution in [1.82, 2.24) is 9.97 Å². The highest BCUT2D eigenvalue weighted by Gasteiger charge is 2.21. The highest BCUT2D eigenvalue weighted by Crippen LogP contribution is 2.33. The molecule has 0 bridgehead atoms. The Hall–Kier alpha value is -3.76. The van der Waals surface area contributed by atoms with Crippen LogP contribution in [0.25, 0.3) is 22.3 Å². The van der Waals surface area contributed by atoms with Crippen molar-refractivity contribution in [3.8, 4) is 17.4 Å². The van der Waals surface area contributed by atoms with Crippen molar-refractivity contribution < 1.29 is 8.81 Å². The second-order valence-corrected chi connectivity index (χ2v) is 7.85. The highest BCUT2D eigenvalue weighted by atomic mass is 35.5. The van der Waals surface area contributed by atoms with Crippen molar-refractivity contribution in [3.05, 3.63) is 86.3 Å². The van der Waals surface area contributed by atoms with Crippen LogP contribution in [0, 0.1) is 31.1 Å². The van der Waals surface area contributed by atoms with Crippen LogP contribution in [0.5, 0.6) is 0 Å². The zero-order chi connectivity index (χ0) is 23.0. The molecule has 0 unspecified atom stereocenters. The molecule has 32 heavy (non-hydrogen) atoms. The molecule has 3 aromatic heterocycles. The minimum Gasteiger partial charge on any atom is -0.455 e. The van der Waals surface area contributed by atoms with Crippen LogP contribution in [-0.4, -0.2) is 9.97 Å². The van der Waals surface area contributed by atoms with Crippen molar-refractivity contribution in [3.63, 3.8) is 0 Å². The quantitative estimate of drug-likeness (QED) is 0.402. The summed E-state index contributed by atoms with van der Waals surface area (Å²) >= 11 is 5.89. The number of nitrogens with zero attached hydrogens (tertiary/aromatic N) is 3. The van der Waals surface area contributed by atoms with Crippen LogP contribution >= 0.6 is 11.6 Å². The summed E-state index contributed by atoms with van der Waals surface area (Å²) in [6, 6.07) is 11.6. The lowest BCUT2D eigenvalue weighted by molar-refractivity contribution is 0.564. The Morgan fingerprint density at radius 2 is 2.03 bits per heavy atom. The zero-order valence-corrected chi connectivity index (χ0v) is 18.3. The van der Waals surface area contributed by atoms with Gasteiger partial charge in [-0.1, -0.05) is 17.7 Å². The number of fused-ring (bicyclic) bond motifs is 1. The number of benzene rings is 1. The first-order valence-corrected chi connectivity index (χ1v) is 10.2. The molecule has 0 fully saturated rings. The van der Waals surface area contributed by atoms with Gasteiger partial charge >= 0.3 is 0 Å². The number of pyridine rings is 2. The van der Waals surface area contributed by atoms with E-state index in [1.807, 2.05) is 26.0 Å². The summed E-state index contributed by atoms with van der Waals surface area (Å²) in [5.74, 6) is -0.583. The van der Waals surface area contributed by atoms with Crippen LogP contribution in [0.2, 0.25) is 5.15 Å². The summed E-state index contributed by atoms with van der Waals surface area (Å²) in [6.45, 7) is 5.35. The first-order valence-electron chi connectivity index (χ1n) is 9.82. The van der Waals surface area contributed by atoms with Gasteiger partial charge in [0, 0.05) is 17.3 Å². The van der Waals surface area contributed by atoms with E-state index in [2.05, 4.69) is 15.3 Å². The van der Waals surface area contributed by atoms with Crippen molar-refractivity contribution in [1.29, 1.82) is 5.26 Å². The molecule has 4 aromatic rings. The molecule has 0 amide bonds. The Kier molecular flexibility index (Phi) is 5.64. The Morgan fingerprint density at radius 3 is 2.75 bits per heavy atom. The van der Waals surface area contributed by atoms with Gasteiger partial charge < -0.3 is 9.73 Å². The van der Waals surface area contributed by atoms with Gasteiger partial charge in [-0.05, 0) is 56.7 Å². The predicted octanol–water partition coefficient (Wildman–Crippen LogP) is 5.70. The number of hydrogen-bond acceptors (Lipinski definition) is 6. The van der Waals surface area contributed by atoms with Gasteiger partial charge in [0.05, 0.1) is 22.7 Å². The third-order valence-corrected chi connectivity index (χ3v) is 5.41. The Bertz CT molecular complexity index is 1460. The zero-order valence-electron chi connectivity index (χ0n) is 17.5. The Morgan fingerprint density at radius 1 is 1.25 bits per heavy atom. The highest BCUT2D eigenvalue weighted by molar-refractivity contribution is 6.29. The molecule has 160 valence electrons. The normalized spacial score (nSPS) is 11.9. The van der Waals surface area contributed by atoms with Crippen LogP contribution in [-0.2, 0) is 0 Å². The molecule has 0 radical (unpaired) electrons. The number of hydrogen-bond donors (Lipinski definition) is 1. The van der Waals surface area contributed by atoms with E-state index in [4.69, 9.17) is 16.0 Å². The molecule has 6 nitrogen and oxygen atoms in total. The van der Waals surface area contributed by atoms with Gasteiger partial charge in [0.15, 0.2) is 11.1 Å². The molecule has 0 saturated heterocycles. The third kappa shape index (κ3) is 3.81. The van der Waals surface area contributed by atoms with E-state index < -0.39 is 5.95 Å². The van der Waals surface area contributed by atoms with Crippen LogP contribution in [0.3, 0.4) is 0 Å². The molecule has 3 heterocycles.